The Morgan fingerprint density at radius 2 is 2.20 bits per heavy atom. The quantitative estimate of drug-likeness (QED) is 0.842. The average molecular weight is 338 g/mol. The van der Waals surface area contributed by atoms with Gasteiger partial charge in [-0.15, -0.1) is 0 Å². The molecule has 0 unspecified atom stereocenters. The topological polar surface area (TPSA) is 29.1 Å². The van der Waals surface area contributed by atoms with Gasteiger partial charge < -0.3 is 5.32 Å². The van der Waals surface area contributed by atoms with Crippen molar-refractivity contribution in [2.45, 2.75) is 13.8 Å². The van der Waals surface area contributed by atoms with Gasteiger partial charge in [-0.05, 0) is 46.7 Å². The standard InChI is InChI=1S/C11H13ClINO/c1-7(2)6-14-11(15)9-5-8(13)3-4-10(9)12/h3-5,7H,6H2,1-2H3,(H,14,15). The molecule has 0 aliphatic carbocycles. The molecular formula is C11H13ClINO. The first-order valence-electron chi connectivity index (χ1n) is 4.74. The molecule has 0 saturated carbocycles. The summed E-state index contributed by atoms with van der Waals surface area (Å²) in [5.41, 5.74) is 0.546. The van der Waals surface area contributed by atoms with E-state index in [9.17, 15) is 4.79 Å². The van der Waals surface area contributed by atoms with E-state index in [0.717, 1.165) is 3.57 Å². The normalized spacial score (nSPS) is 10.5. The van der Waals surface area contributed by atoms with Crippen molar-refractivity contribution < 1.29 is 4.79 Å². The predicted molar refractivity (Wildman–Crippen MR) is 71.3 cm³/mol. The molecule has 4 heteroatoms. The number of rotatable bonds is 3. The summed E-state index contributed by atoms with van der Waals surface area (Å²) in [4.78, 5) is 11.7. The van der Waals surface area contributed by atoms with Gasteiger partial charge in [-0.1, -0.05) is 25.4 Å². The van der Waals surface area contributed by atoms with Gasteiger partial charge >= 0.3 is 0 Å². The Morgan fingerprint density at radius 3 is 2.80 bits per heavy atom. The van der Waals surface area contributed by atoms with E-state index < -0.39 is 0 Å². The van der Waals surface area contributed by atoms with Gasteiger partial charge in [0.25, 0.3) is 5.91 Å². The highest BCUT2D eigenvalue weighted by Gasteiger charge is 2.10. The summed E-state index contributed by atoms with van der Waals surface area (Å²) in [6, 6.07) is 5.41. The molecule has 0 spiro atoms. The minimum atomic E-state index is -0.104. The molecule has 1 amide bonds. The first kappa shape index (κ1) is 12.8. The van der Waals surface area contributed by atoms with Crippen LogP contribution in [-0.2, 0) is 0 Å². The van der Waals surface area contributed by atoms with Crippen LogP contribution in [0.15, 0.2) is 18.2 Å². The Morgan fingerprint density at radius 1 is 1.53 bits per heavy atom. The van der Waals surface area contributed by atoms with Crippen LogP contribution in [0.3, 0.4) is 0 Å². The second-order valence-corrected chi connectivity index (χ2v) is 5.38. The first-order chi connectivity index (χ1) is 7.00. The van der Waals surface area contributed by atoms with Crippen molar-refractivity contribution in [1.29, 1.82) is 0 Å². The summed E-state index contributed by atoms with van der Waals surface area (Å²) in [6.07, 6.45) is 0. The van der Waals surface area contributed by atoms with Crippen LogP contribution in [0.5, 0.6) is 0 Å². The van der Waals surface area contributed by atoms with Gasteiger partial charge in [0.15, 0.2) is 0 Å². The largest absolute Gasteiger partial charge is 0.352 e. The zero-order valence-corrected chi connectivity index (χ0v) is 11.6. The smallest absolute Gasteiger partial charge is 0.252 e. The molecule has 0 saturated heterocycles. The van der Waals surface area contributed by atoms with Crippen LogP contribution in [0.25, 0.3) is 0 Å². The Balaban J connectivity index is 2.77. The number of halogens is 2. The number of nitrogens with one attached hydrogen (secondary N) is 1. The lowest BCUT2D eigenvalue weighted by Gasteiger charge is -2.08. The van der Waals surface area contributed by atoms with Crippen LogP contribution in [0, 0.1) is 9.49 Å². The fourth-order valence-corrected chi connectivity index (χ4v) is 1.76. The third kappa shape index (κ3) is 3.99. The lowest BCUT2D eigenvalue weighted by molar-refractivity contribution is 0.0949. The molecule has 1 rings (SSSR count). The van der Waals surface area contributed by atoms with Crippen LogP contribution < -0.4 is 5.32 Å². The number of hydrogen-bond acceptors (Lipinski definition) is 1. The highest BCUT2D eigenvalue weighted by atomic mass is 127. The van der Waals surface area contributed by atoms with Gasteiger partial charge in [-0.25, -0.2) is 0 Å². The third-order valence-corrected chi connectivity index (χ3v) is 2.84. The van der Waals surface area contributed by atoms with E-state index in [0.29, 0.717) is 23.0 Å². The van der Waals surface area contributed by atoms with Crippen molar-refractivity contribution in [3.63, 3.8) is 0 Å². The Labute approximate surface area is 109 Å². The van der Waals surface area contributed by atoms with Gasteiger partial charge in [-0.2, -0.15) is 0 Å². The van der Waals surface area contributed by atoms with Crippen molar-refractivity contribution in [2.24, 2.45) is 5.92 Å². The highest BCUT2D eigenvalue weighted by molar-refractivity contribution is 14.1. The van der Waals surface area contributed by atoms with Crippen LogP contribution in [0.4, 0.5) is 0 Å². The van der Waals surface area contributed by atoms with E-state index in [4.69, 9.17) is 11.6 Å². The third-order valence-electron chi connectivity index (χ3n) is 1.84. The van der Waals surface area contributed by atoms with E-state index in [2.05, 4.69) is 41.8 Å². The van der Waals surface area contributed by atoms with Crippen LogP contribution in [-0.4, -0.2) is 12.5 Å². The van der Waals surface area contributed by atoms with Crippen LogP contribution in [0.2, 0.25) is 5.02 Å². The van der Waals surface area contributed by atoms with Crippen molar-refractivity contribution in [3.8, 4) is 0 Å². The van der Waals surface area contributed by atoms with Gasteiger partial charge in [0, 0.05) is 10.1 Å². The Kier molecular flexibility index (Phi) is 4.86. The molecule has 0 atom stereocenters. The summed E-state index contributed by atoms with van der Waals surface area (Å²) < 4.78 is 1.01. The summed E-state index contributed by atoms with van der Waals surface area (Å²) in [7, 11) is 0. The second-order valence-electron chi connectivity index (χ2n) is 3.73. The minimum absolute atomic E-state index is 0.104. The number of benzene rings is 1. The molecule has 0 bridgehead atoms. The number of amides is 1. The first-order valence-corrected chi connectivity index (χ1v) is 6.19. The fourth-order valence-electron chi connectivity index (χ4n) is 1.06. The van der Waals surface area contributed by atoms with E-state index in [-0.39, 0.29) is 5.91 Å². The molecule has 0 radical (unpaired) electrons. The minimum Gasteiger partial charge on any atom is -0.352 e. The zero-order chi connectivity index (χ0) is 11.4. The van der Waals surface area contributed by atoms with Gasteiger partial charge in [0.1, 0.15) is 0 Å². The number of carbonyl (C=O) groups excluding carboxylic acids is 1. The Bertz CT molecular complexity index is 366. The Hall–Kier alpha value is -0.290. The molecule has 0 fully saturated rings. The number of hydrogen-bond donors (Lipinski definition) is 1. The van der Waals surface area contributed by atoms with E-state index >= 15 is 0 Å². The van der Waals surface area contributed by atoms with Gasteiger partial charge in [-0.3, -0.25) is 4.79 Å². The van der Waals surface area contributed by atoms with Crippen molar-refractivity contribution >= 4 is 40.1 Å². The molecule has 0 aliphatic rings. The molecule has 0 aliphatic heterocycles. The van der Waals surface area contributed by atoms with Crippen molar-refractivity contribution in [2.75, 3.05) is 6.54 Å². The highest BCUT2D eigenvalue weighted by Crippen LogP contribution is 2.18. The molecule has 0 aromatic heterocycles. The van der Waals surface area contributed by atoms with E-state index in [1.807, 2.05) is 6.07 Å². The number of carbonyl (C=O) groups is 1. The molecule has 15 heavy (non-hydrogen) atoms. The second kappa shape index (κ2) is 5.70. The molecular weight excluding hydrogens is 324 g/mol. The van der Waals surface area contributed by atoms with Crippen molar-refractivity contribution in [1.82, 2.24) is 5.32 Å². The summed E-state index contributed by atoms with van der Waals surface area (Å²) >= 11 is 8.10. The summed E-state index contributed by atoms with van der Waals surface area (Å²) in [6.45, 7) is 4.77. The van der Waals surface area contributed by atoms with E-state index in [1.54, 1.807) is 12.1 Å². The predicted octanol–water partition coefficient (Wildman–Crippen LogP) is 3.33. The van der Waals surface area contributed by atoms with Crippen LogP contribution in [0.1, 0.15) is 24.2 Å². The van der Waals surface area contributed by atoms with Gasteiger partial charge in [0.2, 0.25) is 0 Å². The fraction of sp³-hybridized carbons (Fsp3) is 0.364. The molecule has 1 aromatic carbocycles. The molecule has 0 heterocycles. The lowest BCUT2D eigenvalue weighted by atomic mass is 10.2. The maximum Gasteiger partial charge on any atom is 0.252 e. The lowest BCUT2D eigenvalue weighted by Crippen LogP contribution is -2.27. The summed E-state index contributed by atoms with van der Waals surface area (Å²) in [5.74, 6) is 0.336. The van der Waals surface area contributed by atoms with Crippen LogP contribution >= 0.6 is 34.2 Å². The van der Waals surface area contributed by atoms with Gasteiger partial charge in [0.05, 0.1) is 10.6 Å². The summed E-state index contributed by atoms with van der Waals surface area (Å²) in [5, 5.41) is 3.34. The van der Waals surface area contributed by atoms with Crippen molar-refractivity contribution in [3.05, 3.63) is 32.4 Å². The molecule has 1 N–H and O–H groups in total. The zero-order valence-electron chi connectivity index (χ0n) is 8.68. The van der Waals surface area contributed by atoms with E-state index in [1.165, 1.54) is 0 Å². The average Bonchev–Trinajstić information content (AvgIpc) is 2.18. The molecule has 2 nitrogen and oxygen atoms in total. The maximum atomic E-state index is 11.7. The molecule has 82 valence electrons. The molecule has 1 aromatic rings. The SMILES string of the molecule is CC(C)CNC(=O)c1cc(I)ccc1Cl. The monoisotopic (exact) mass is 337 g/mol. The maximum absolute atomic E-state index is 11.7.